The topological polar surface area (TPSA) is 78.5 Å². The summed E-state index contributed by atoms with van der Waals surface area (Å²) in [6, 6.07) is 13.1. The molecule has 0 bridgehead atoms. The Morgan fingerprint density at radius 3 is 2.42 bits per heavy atom. The highest BCUT2D eigenvalue weighted by Crippen LogP contribution is 2.27. The van der Waals surface area contributed by atoms with E-state index in [-0.39, 0.29) is 18.9 Å². The standard InChI is InChI=1S/C18H15Cl2N3O3/c19-13-6-4-11(5-7-13)17(25)21-22-18(26)12-8-16(24)23(10-12)15-3-1-2-14(20)9-15/h1-7,9,12H,8,10H2,(H,21,25)(H,22,26)/t12-/m1/s1. The van der Waals surface area contributed by atoms with Gasteiger partial charge in [-0.25, -0.2) is 0 Å². The Kier molecular flexibility index (Phi) is 5.44. The number of halogens is 2. The summed E-state index contributed by atoms with van der Waals surface area (Å²) in [5, 5.41) is 1.02. The normalized spacial score (nSPS) is 16.5. The van der Waals surface area contributed by atoms with E-state index >= 15 is 0 Å². The Balaban J connectivity index is 1.58. The minimum absolute atomic E-state index is 0.0646. The highest BCUT2D eigenvalue weighted by Gasteiger charge is 2.35. The van der Waals surface area contributed by atoms with E-state index < -0.39 is 17.7 Å². The SMILES string of the molecule is O=C(NNC(=O)[C@@H]1CC(=O)N(c2cccc(Cl)c2)C1)c1ccc(Cl)cc1. The van der Waals surface area contributed by atoms with Gasteiger partial charge < -0.3 is 4.90 Å². The molecule has 0 saturated carbocycles. The number of nitrogens with zero attached hydrogens (tertiary/aromatic N) is 1. The van der Waals surface area contributed by atoms with Crippen molar-refractivity contribution in [3.05, 3.63) is 64.1 Å². The molecule has 2 aromatic carbocycles. The summed E-state index contributed by atoms with van der Waals surface area (Å²) in [5.41, 5.74) is 5.71. The van der Waals surface area contributed by atoms with Gasteiger partial charge >= 0.3 is 0 Å². The molecule has 3 amide bonds. The molecule has 1 saturated heterocycles. The maximum Gasteiger partial charge on any atom is 0.269 e. The number of benzene rings is 2. The van der Waals surface area contributed by atoms with Crippen molar-refractivity contribution in [2.24, 2.45) is 5.92 Å². The van der Waals surface area contributed by atoms with Crippen LogP contribution in [0.15, 0.2) is 48.5 Å². The van der Waals surface area contributed by atoms with Gasteiger partial charge in [0.15, 0.2) is 0 Å². The molecule has 0 aliphatic carbocycles. The number of hydrazine groups is 1. The van der Waals surface area contributed by atoms with Crippen LogP contribution in [0.3, 0.4) is 0 Å². The van der Waals surface area contributed by atoms with E-state index in [4.69, 9.17) is 23.2 Å². The van der Waals surface area contributed by atoms with Gasteiger partial charge in [0, 0.05) is 34.3 Å². The molecule has 0 unspecified atom stereocenters. The molecule has 2 aromatic rings. The summed E-state index contributed by atoms with van der Waals surface area (Å²) in [5.74, 6) is -1.63. The number of amides is 3. The van der Waals surface area contributed by atoms with E-state index in [1.807, 2.05) is 0 Å². The molecule has 0 spiro atoms. The van der Waals surface area contributed by atoms with Gasteiger partial charge in [-0.1, -0.05) is 29.3 Å². The van der Waals surface area contributed by atoms with Crippen LogP contribution in [-0.2, 0) is 9.59 Å². The average Bonchev–Trinajstić information content (AvgIpc) is 3.02. The number of rotatable bonds is 3. The second-order valence-electron chi connectivity index (χ2n) is 5.84. The Morgan fingerprint density at radius 1 is 1.00 bits per heavy atom. The Bertz CT molecular complexity index is 855. The summed E-state index contributed by atoms with van der Waals surface area (Å²) < 4.78 is 0. The fourth-order valence-electron chi connectivity index (χ4n) is 2.67. The molecular formula is C18H15Cl2N3O3. The first-order valence-electron chi connectivity index (χ1n) is 7.86. The summed E-state index contributed by atoms with van der Waals surface area (Å²) in [6.07, 6.45) is 0.0646. The van der Waals surface area contributed by atoms with E-state index in [2.05, 4.69) is 10.9 Å². The smallest absolute Gasteiger partial charge is 0.269 e. The minimum atomic E-state index is -0.563. The van der Waals surface area contributed by atoms with Gasteiger partial charge in [-0.15, -0.1) is 0 Å². The summed E-state index contributed by atoms with van der Waals surface area (Å²) in [6.45, 7) is 0.224. The summed E-state index contributed by atoms with van der Waals surface area (Å²) in [4.78, 5) is 38.0. The van der Waals surface area contributed by atoms with Crippen molar-refractivity contribution in [2.45, 2.75) is 6.42 Å². The fraction of sp³-hybridized carbons (Fsp3) is 0.167. The third-order valence-electron chi connectivity index (χ3n) is 4.02. The molecule has 0 aromatic heterocycles. The van der Waals surface area contributed by atoms with E-state index in [9.17, 15) is 14.4 Å². The zero-order chi connectivity index (χ0) is 18.7. The lowest BCUT2D eigenvalue weighted by Crippen LogP contribution is -2.45. The Labute approximate surface area is 160 Å². The van der Waals surface area contributed by atoms with E-state index in [0.717, 1.165) is 0 Å². The second-order valence-corrected chi connectivity index (χ2v) is 6.71. The lowest BCUT2D eigenvalue weighted by molar-refractivity contribution is -0.126. The van der Waals surface area contributed by atoms with Crippen LogP contribution in [0.25, 0.3) is 0 Å². The minimum Gasteiger partial charge on any atom is -0.312 e. The summed E-state index contributed by atoms with van der Waals surface area (Å²) in [7, 11) is 0. The monoisotopic (exact) mass is 391 g/mol. The predicted octanol–water partition coefficient (Wildman–Crippen LogP) is 2.81. The number of hydrogen-bond donors (Lipinski definition) is 2. The number of nitrogens with one attached hydrogen (secondary N) is 2. The van der Waals surface area contributed by atoms with Crippen molar-refractivity contribution in [1.29, 1.82) is 0 Å². The van der Waals surface area contributed by atoms with Gasteiger partial charge in [-0.3, -0.25) is 25.2 Å². The van der Waals surface area contributed by atoms with Gasteiger partial charge in [-0.2, -0.15) is 0 Å². The molecule has 1 aliphatic rings. The van der Waals surface area contributed by atoms with E-state index in [1.165, 1.54) is 4.90 Å². The zero-order valence-corrected chi connectivity index (χ0v) is 15.1. The molecule has 1 heterocycles. The van der Waals surface area contributed by atoms with Gasteiger partial charge in [-0.05, 0) is 42.5 Å². The van der Waals surface area contributed by atoms with Crippen LogP contribution in [0.1, 0.15) is 16.8 Å². The molecule has 2 N–H and O–H groups in total. The highest BCUT2D eigenvalue weighted by atomic mass is 35.5. The van der Waals surface area contributed by atoms with Crippen LogP contribution in [-0.4, -0.2) is 24.3 Å². The van der Waals surface area contributed by atoms with Crippen molar-refractivity contribution in [3.8, 4) is 0 Å². The Hall–Kier alpha value is -2.57. The predicted molar refractivity (Wildman–Crippen MR) is 99.0 cm³/mol. The van der Waals surface area contributed by atoms with Gasteiger partial charge in [0.2, 0.25) is 11.8 Å². The number of hydrogen-bond acceptors (Lipinski definition) is 3. The van der Waals surface area contributed by atoms with Crippen LogP contribution in [0, 0.1) is 5.92 Å². The molecule has 3 rings (SSSR count). The number of carbonyl (C=O) groups excluding carboxylic acids is 3. The molecule has 134 valence electrons. The van der Waals surface area contributed by atoms with Crippen molar-refractivity contribution in [2.75, 3.05) is 11.4 Å². The van der Waals surface area contributed by atoms with Crippen molar-refractivity contribution in [1.82, 2.24) is 10.9 Å². The maximum atomic E-state index is 12.3. The first-order valence-corrected chi connectivity index (χ1v) is 8.61. The quantitative estimate of drug-likeness (QED) is 0.789. The van der Waals surface area contributed by atoms with Crippen molar-refractivity contribution >= 4 is 46.6 Å². The molecule has 0 radical (unpaired) electrons. The van der Waals surface area contributed by atoms with Crippen LogP contribution in [0.4, 0.5) is 5.69 Å². The zero-order valence-electron chi connectivity index (χ0n) is 13.5. The fourth-order valence-corrected chi connectivity index (χ4v) is 2.98. The van der Waals surface area contributed by atoms with Gasteiger partial charge in [0.1, 0.15) is 0 Å². The van der Waals surface area contributed by atoms with Crippen LogP contribution in [0.5, 0.6) is 0 Å². The van der Waals surface area contributed by atoms with Crippen molar-refractivity contribution < 1.29 is 14.4 Å². The lowest BCUT2D eigenvalue weighted by atomic mass is 10.1. The maximum absolute atomic E-state index is 12.3. The molecule has 1 aliphatic heterocycles. The average molecular weight is 392 g/mol. The molecule has 1 fully saturated rings. The van der Waals surface area contributed by atoms with Gasteiger partial charge in [0.25, 0.3) is 5.91 Å². The third kappa shape index (κ3) is 4.15. The molecule has 26 heavy (non-hydrogen) atoms. The van der Waals surface area contributed by atoms with E-state index in [0.29, 0.717) is 21.3 Å². The van der Waals surface area contributed by atoms with Crippen molar-refractivity contribution in [3.63, 3.8) is 0 Å². The lowest BCUT2D eigenvalue weighted by Gasteiger charge is -2.17. The summed E-state index contributed by atoms with van der Waals surface area (Å²) >= 11 is 11.7. The van der Waals surface area contributed by atoms with Gasteiger partial charge in [0.05, 0.1) is 5.92 Å². The van der Waals surface area contributed by atoms with E-state index in [1.54, 1.807) is 48.5 Å². The van der Waals surface area contributed by atoms with Crippen LogP contribution >= 0.6 is 23.2 Å². The number of anilines is 1. The van der Waals surface area contributed by atoms with Crippen LogP contribution < -0.4 is 15.8 Å². The molecule has 6 nitrogen and oxygen atoms in total. The largest absolute Gasteiger partial charge is 0.312 e. The second kappa shape index (κ2) is 7.76. The third-order valence-corrected chi connectivity index (χ3v) is 4.51. The number of carbonyl (C=O) groups is 3. The highest BCUT2D eigenvalue weighted by molar-refractivity contribution is 6.31. The Morgan fingerprint density at radius 2 is 1.73 bits per heavy atom. The first kappa shape index (κ1) is 18.2. The molecular weight excluding hydrogens is 377 g/mol. The molecule has 8 heteroatoms. The van der Waals surface area contributed by atoms with Crippen LogP contribution in [0.2, 0.25) is 10.0 Å². The first-order chi connectivity index (χ1) is 12.4. The molecule has 1 atom stereocenters.